The molecule has 2 aromatic rings. The molecule has 128 valence electrons. The molecule has 0 saturated carbocycles. The number of halogens is 2. The molecule has 0 aromatic heterocycles. The molecule has 0 heterocycles. The van der Waals surface area contributed by atoms with Gasteiger partial charge in [0.15, 0.2) is 11.5 Å². The largest absolute Gasteiger partial charge is 0.494 e. The van der Waals surface area contributed by atoms with Crippen LogP contribution in [0.25, 0.3) is 0 Å². The average molecular weight is 337 g/mol. The van der Waals surface area contributed by atoms with Gasteiger partial charge in [0.2, 0.25) is 0 Å². The summed E-state index contributed by atoms with van der Waals surface area (Å²) < 4.78 is 39.2. The Morgan fingerprint density at radius 2 is 1.83 bits per heavy atom. The van der Waals surface area contributed by atoms with Gasteiger partial charge in [0, 0.05) is 11.3 Å². The summed E-state index contributed by atoms with van der Waals surface area (Å²) in [5, 5.41) is 2.70. The number of hydrogen-bond acceptors (Lipinski definition) is 4. The predicted molar refractivity (Wildman–Crippen MR) is 85.2 cm³/mol. The Morgan fingerprint density at radius 1 is 1.12 bits per heavy atom. The van der Waals surface area contributed by atoms with E-state index in [-0.39, 0.29) is 17.1 Å². The summed E-state index contributed by atoms with van der Waals surface area (Å²) in [6.45, 7) is -0.536. The first kappa shape index (κ1) is 17.5. The van der Waals surface area contributed by atoms with Gasteiger partial charge in [-0.3, -0.25) is 4.79 Å². The van der Waals surface area contributed by atoms with Crippen molar-refractivity contribution in [3.63, 3.8) is 0 Å². The number of alkyl halides is 2. The lowest BCUT2D eigenvalue weighted by Crippen LogP contribution is -2.12. The van der Waals surface area contributed by atoms with E-state index in [1.165, 1.54) is 25.3 Å². The van der Waals surface area contributed by atoms with E-state index < -0.39 is 12.5 Å². The highest BCUT2D eigenvalue weighted by Crippen LogP contribution is 2.29. The Labute approximate surface area is 138 Å². The van der Waals surface area contributed by atoms with Gasteiger partial charge in [0.05, 0.1) is 13.7 Å². The van der Waals surface area contributed by atoms with E-state index in [1.54, 1.807) is 24.3 Å². The van der Waals surface area contributed by atoms with Crippen molar-refractivity contribution in [2.24, 2.45) is 0 Å². The topological polar surface area (TPSA) is 56.8 Å². The van der Waals surface area contributed by atoms with Gasteiger partial charge in [-0.15, -0.1) is 0 Å². The van der Waals surface area contributed by atoms with Crippen molar-refractivity contribution < 1.29 is 27.8 Å². The van der Waals surface area contributed by atoms with E-state index in [0.717, 1.165) is 0 Å². The molecule has 0 spiro atoms. The Kier molecular flexibility index (Phi) is 5.95. The zero-order chi connectivity index (χ0) is 17.5. The molecular formula is C17H17F2NO4. The van der Waals surface area contributed by atoms with Gasteiger partial charge in [0.1, 0.15) is 5.75 Å². The summed E-state index contributed by atoms with van der Waals surface area (Å²) in [4.78, 5) is 12.2. The molecule has 2 rings (SSSR count). The summed E-state index contributed by atoms with van der Waals surface area (Å²) in [5.41, 5.74) is 0.831. The van der Waals surface area contributed by atoms with Gasteiger partial charge < -0.3 is 19.5 Å². The van der Waals surface area contributed by atoms with Gasteiger partial charge in [-0.25, -0.2) is 0 Å². The van der Waals surface area contributed by atoms with Crippen LogP contribution in [0.2, 0.25) is 0 Å². The molecule has 0 aliphatic heterocycles. The maximum Gasteiger partial charge on any atom is 0.387 e. The summed E-state index contributed by atoms with van der Waals surface area (Å²) in [5.74, 6) is 0.214. The van der Waals surface area contributed by atoms with Gasteiger partial charge in [-0.05, 0) is 49.4 Å². The monoisotopic (exact) mass is 337 g/mol. The Bertz CT molecular complexity index is 689. The van der Waals surface area contributed by atoms with E-state index in [9.17, 15) is 13.6 Å². The first-order chi connectivity index (χ1) is 11.5. The molecule has 1 amide bonds. The average Bonchev–Trinajstić information content (AvgIpc) is 2.56. The van der Waals surface area contributed by atoms with Gasteiger partial charge >= 0.3 is 6.61 Å². The molecular weight excluding hydrogens is 320 g/mol. The highest BCUT2D eigenvalue weighted by atomic mass is 19.3. The molecule has 7 heteroatoms. The summed E-state index contributed by atoms with van der Waals surface area (Å²) in [6, 6.07) is 10.9. The number of hydrogen-bond donors (Lipinski definition) is 1. The van der Waals surface area contributed by atoms with Crippen molar-refractivity contribution in [1.29, 1.82) is 0 Å². The molecule has 5 nitrogen and oxygen atoms in total. The number of methoxy groups -OCH3 is 1. The molecule has 0 radical (unpaired) electrons. The second-order valence-electron chi connectivity index (χ2n) is 4.66. The number of rotatable bonds is 7. The van der Waals surface area contributed by atoms with E-state index >= 15 is 0 Å². The number of benzene rings is 2. The lowest BCUT2D eigenvalue weighted by molar-refractivity contribution is -0.0512. The standard InChI is InChI=1S/C17H17F2NO4/c1-3-23-13-7-5-12(6-8-13)20-16(21)11-4-9-14(24-17(18)19)15(10-11)22-2/h4-10,17H,3H2,1-2H3,(H,20,21). The molecule has 0 unspecified atom stereocenters. The quantitative estimate of drug-likeness (QED) is 0.831. The lowest BCUT2D eigenvalue weighted by Gasteiger charge is -2.12. The second-order valence-corrected chi connectivity index (χ2v) is 4.66. The van der Waals surface area contributed by atoms with Crippen LogP contribution in [0.5, 0.6) is 17.2 Å². The van der Waals surface area contributed by atoms with Crippen LogP contribution >= 0.6 is 0 Å². The molecule has 0 aliphatic carbocycles. The predicted octanol–water partition coefficient (Wildman–Crippen LogP) is 3.95. The Hall–Kier alpha value is -2.83. The van der Waals surface area contributed by atoms with Crippen LogP contribution in [0, 0.1) is 0 Å². The number of carbonyl (C=O) groups excluding carboxylic acids is 1. The van der Waals surface area contributed by atoms with Crippen molar-refractivity contribution in [2.45, 2.75) is 13.5 Å². The van der Waals surface area contributed by atoms with Crippen LogP contribution < -0.4 is 19.5 Å². The van der Waals surface area contributed by atoms with Crippen molar-refractivity contribution in [3.8, 4) is 17.2 Å². The van der Waals surface area contributed by atoms with Crippen LogP contribution in [0.1, 0.15) is 17.3 Å². The third-order valence-corrected chi connectivity index (χ3v) is 3.07. The number of anilines is 1. The first-order valence-corrected chi connectivity index (χ1v) is 7.20. The maximum absolute atomic E-state index is 12.3. The molecule has 2 aromatic carbocycles. The summed E-state index contributed by atoms with van der Waals surface area (Å²) >= 11 is 0. The summed E-state index contributed by atoms with van der Waals surface area (Å²) in [7, 11) is 1.31. The highest BCUT2D eigenvalue weighted by Gasteiger charge is 2.14. The molecule has 1 N–H and O–H groups in total. The number of carbonyl (C=O) groups is 1. The third-order valence-electron chi connectivity index (χ3n) is 3.07. The van der Waals surface area contributed by atoms with E-state index in [1.807, 2.05) is 6.92 Å². The smallest absolute Gasteiger partial charge is 0.387 e. The maximum atomic E-state index is 12.3. The van der Waals surface area contributed by atoms with Crippen molar-refractivity contribution in [2.75, 3.05) is 19.0 Å². The molecule has 0 fully saturated rings. The second kappa shape index (κ2) is 8.14. The number of amides is 1. The molecule has 24 heavy (non-hydrogen) atoms. The van der Waals surface area contributed by atoms with Crippen LogP contribution in [0.3, 0.4) is 0 Å². The van der Waals surface area contributed by atoms with Crippen molar-refractivity contribution in [1.82, 2.24) is 0 Å². The minimum absolute atomic E-state index is 0.0506. The molecule has 0 atom stereocenters. The lowest BCUT2D eigenvalue weighted by atomic mass is 10.2. The summed E-state index contributed by atoms with van der Waals surface area (Å²) in [6.07, 6.45) is 0. The van der Waals surface area contributed by atoms with Crippen LogP contribution in [0.15, 0.2) is 42.5 Å². The zero-order valence-corrected chi connectivity index (χ0v) is 13.2. The zero-order valence-electron chi connectivity index (χ0n) is 13.2. The van der Waals surface area contributed by atoms with Crippen molar-refractivity contribution in [3.05, 3.63) is 48.0 Å². The fraction of sp³-hybridized carbons (Fsp3) is 0.235. The van der Waals surface area contributed by atoms with E-state index in [2.05, 4.69) is 10.1 Å². The minimum atomic E-state index is -2.97. The highest BCUT2D eigenvalue weighted by molar-refractivity contribution is 6.04. The molecule has 0 saturated heterocycles. The fourth-order valence-electron chi connectivity index (χ4n) is 2.01. The first-order valence-electron chi connectivity index (χ1n) is 7.20. The molecule has 0 aliphatic rings. The Morgan fingerprint density at radius 3 is 2.42 bits per heavy atom. The number of nitrogens with one attached hydrogen (secondary N) is 1. The SMILES string of the molecule is CCOc1ccc(NC(=O)c2ccc(OC(F)F)c(OC)c2)cc1. The molecule has 0 bridgehead atoms. The fourth-order valence-corrected chi connectivity index (χ4v) is 2.01. The number of ether oxygens (including phenoxy) is 3. The van der Waals surface area contributed by atoms with Gasteiger partial charge in [-0.2, -0.15) is 8.78 Å². The van der Waals surface area contributed by atoms with Crippen LogP contribution in [-0.2, 0) is 0 Å². The third kappa shape index (κ3) is 4.58. The minimum Gasteiger partial charge on any atom is -0.494 e. The Balaban J connectivity index is 2.11. The van der Waals surface area contributed by atoms with Crippen LogP contribution in [-0.4, -0.2) is 26.2 Å². The van der Waals surface area contributed by atoms with Gasteiger partial charge in [0.25, 0.3) is 5.91 Å². The van der Waals surface area contributed by atoms with E-state index in [0.29, 0.717) is 18.0 Å². The van der Waals surface area contributed by atoms with Crippen LogP contribution in [0.4, 0.5) is 14.5 Å². The van der Waals surface area contributed by atoms with Gasteiger partial charge in [-0.1, -0.05) is 0 Å². The normalized spacial score (nSPS) is 10.4. The van der Waals surface area contributed by atoms with E-state index in [4.69, 9.17) is 9.47 Å². The van der Waals surface area contributed by atoms with Crippen molar-refractivity contribution >= 4 is 11.6 Å².